The van der Waals surface area contributed by atoms with Crippen molar-refractivity contribution >= 4 is 17.5 Å². The van der Waals surface area contributed by atoms with E-state index in [0.29, 0.717) is 5.56 Å². The first-order chi connectivity index (χ1) is 9.77. The van der Waals surface area contributed by atoms with Crippen LogP contribution in [-0.2, 0) is 6.18 Å². The minimum Gasteiger partial charge on any atom is -0.478 e. The lowest BCUT2D eigenvalue weighted by Crippen LogP contribution is -2.06. The molecular weight excluding hydrogens is 285 g/mol. The van der Waals surface area contributed by atoms with E-state index in [1.165, 1.54) is 24.4 Å². The normalized spacial score (nSPS) is 11.2. The third-order valence-corrected chi connectivity index (χ3v) is 2.83. The van der Waals surface area contributed by atoms with Gasteiger partial charge in [-0.3, -0.25) is 0 Å². The van der Waals surface area contributed by atoms with Crippen LogP contribution in [0, 0.1) is 6.92 Å². The van der Waals surface area contributed by atoms with Crippen molar-refractivity contribution in [1.29, 1.82) is 0 Å². The van der Waals surface area contributed by atoms with Crippen LogP contribution in [0.5, 0.6) is 0 Å². The lowest BCUT2D eigenvalue weighted by atomic mass is 10.1. The number of rotatable bonds is 3. The molecule has 21 heavy (non-hydrogen) atoms. The highest BCUT2D eigenvalue weighted by molar-refractivity contribution is 5.88. The second-order valence-corrected chi connectivity index (χ2v) is 4.39. The lowest BCUT2D eigenvalue weighted by molar-refractivity contribution is -0.137. The first-order valence-electron chi connectivity index (χ1n) is 5.91. The van der Waals surface area contributed by atoms with Gasteiger partial charge >= 0.3 is 12.1 Å². The molecule has 0 aliphatic carbocycles. The van der Waals surface area contributed by atoms with Crippen LogP contribution < -0.4 is 5.32 Å². The summed E-state index contributed by atoms with van der Waals surface area (Å²) in [6.07, 6.45) is -3.17. The van der Waals surface area contributed by atoms with E-state index in [1.54, 1.807) is 6.92 Å². The van der Waals surface area contributed by atoms with E-state index in [4.69, 9.17) is 5.11 Å². The van der Waals surface area contributed by atoms with Gasteiger partial charge in [-0.2, -0.15) is 13.2 Å². The molecule has 0 saturated carbocycles. The molecule has 4 nitrogen and oxygen atoms in total. The van der Waals surface area contributed by atoms with Gasteiger partial charge in [-0.25, -0.2) is 9.78 Å². The third kappa shape index (κ3) is 3.50. The molecule has 0 radical (unpaired) electrons. The monoisotopic (exact) mass is 296 g/mol. The van der Waals surface area contributed by atoms with Crippen molar-refractivity contribution in [2.24, 2.45) is 0 Å². The first kappa shape index (κ1) is 14.8. The number of pyridine rings is 1. The molecule has 1 aromatic carbocycles. The van der Waals surface area contributed by atoms with Crippen molar-refractivity contribution in [3.8, 4) is 0 Å². The molecule has 2 aromatic rings. The molecule has 1 heterocycles. The predicted molar refractivity (Wildman–Crippen MR) is 70.7 cm³/mol. The largest absolute Gasteiger partial charge is 0.478 e. The van der Waals surface area contributed by atoms with Crippen molar-refractivity contribution in [2.75, 3.05) is 5.32 Å². The summed E-state index contributed by atoms with van der Waals surface area (Å²) >= 11 is 0. The number of halogens is 3. The van der Waals surface area contributed by atoms with Gasteiger partial charge in [0.25, 0.3) is 0 Å². The molecule has 2 rings (SSSR count). The molecule has 0 aliphatic heterocycles. The summed E-state index contributed by atoms with van der Waals surface area (Å²) in [7, 11) is 0. The molecule has 7 heteroatoms. The zero-order valence-corrected chi connectivity index (χ0v) is 10.9. The van der Waals surface area contributed by atoms with Crippen molar-refractivity contribution in [2.45, 2.75) is 13.1 Å². The van der Waals surface area contributed by atoms with Crippen LogP contribution in [-0.4, -0.2) is 16.1 Å². The molecule has 0 aliphatic rings. The second kappa shape index (κ2) is 5.43. The van der Waals surface area contributed by atoms with Gasteiger partial charge in [0.1, 0.15) is 5.82 Å². The summed E-state index contributed by atoms with van der Waals surface area (Å²) in [4.78, 5) is 14.7. The number of aromatic nitrogens is 1. The van der Waals surface area contributed by atoms with Crippen molar-refractivity contribution in [3.05, 3.63) is 53.2 Å². The Hall–Kier alpha value is -2.57. The maximum Gasteiger partial charge on any atom is 0.416 e. The Morgan fingerprint density at radius 2 is 1.95 bits per heavy atom. The van der Waals surface area contributed by atoms with Gasteiger partial charge in [0.15, 0.2) is 0 Å². The minimum absolute atomic E-state index is 0.00266. The second-order valence-electron chi connectivity index (χ2n) is 4.39. The average molecular weight is 296 g/mol. The maximum absolute atomic E-state index is 12.7. The van der Waals surface area contributed by atoms with Gasteiger partial charge < -0.3 is 10.4 Å². The smallest absolute Gasteiger partial charge is 0.416 e. The number of nitrogens with zero attached hydrogens (tertiary/aromatic N) is 1. The van der Waals surface area contributed by atoms with Crippen LogP contribution in [0.15, 0.2) is 36.5 Å². The van der Waals surface area contributed by atoms with Crippen LogP contribution in [0.4, 0.5) is 24.7 Å². The number of nitrogens with one attached hydrogen (secondary N) is 1. The van der Waals surface area contributed by atoms with Gasteiger partial charge in [0, 0.05) is 11.9 Å². The summed E-state index contributed by atoms with van der Waals surface area (Å²) in [5.74, 6) is -0.974. The number of aromatic carboxylic acids is 1. The number of carbonyl (C=O) groups is 1. The molecule has 0 spiro atoms. The Balaban J connectivity index is 2.35. The van der Waals surface area contributed by atoms with E-state index in [-0.39, 0.29) is 17.1 Å². The Morgan fingerprint density at radius 3 is 2.57 bits per heavy atom. The van der Waals surface area contributed by atoms with Crippen molar-refractivity contribution in [1.82, 2.24) is 4.98 Å². The number of hydrogen-bond acceptors (Lipinski definition) is 3. The van der Waals surface area contributed by atoms with Gasteiger partial charge in [-0.1, -0.05) is 6.07 Å². The first-order valence-corrected chi connectivity index (χ1v) is 5.91. The van der Waals surface area contributed by atoms with E-state index >= 15 is 0 Å². The summed E-state index contributed by atoms with van der Waals surface area (Å²) < 4.78 is 38.1. The molecule has 0 unspecified atom stereocenters. The van der Waals surface area contributed by atoms with E-state index < -0.39 is 17.7 Å². The summed E-state index contributed by atoms with van der Waals surface area (Å²) in [5, 5.41) is 11.6. The Labute approximate surface area is 118 Å². The van der Waals surface area contributed by atoms with Crippen LogP contribution in [0.1, 0.15) is 21.5 Å². The standard InChI is InChI=1S/C14H11F3N2O2/c1-8-2-3-10(14(15,16)17)7-11(8)19-12-6-9(13(20)21)4-5-18-12/h2-7H,1H3,(H,18,19)(H,20,21). The number of hydrogen-bond donors (Lipinski definition) is 2. The summed E-state index contributed by atoms with van der Waals surface area (Å²) in [6.45, 7) is 1.64. The zero-order valence-electron chi connectivity index (χ0n) is 10.9. The topological polar surface area (TPSA) is 62.2 Å². The van der Waals surface area contributed by atoms with Gasteiger partial charge in [0.2, 0.25) is 0 Å². The van der Waals surface area contributed by atoms with Crippen LogP contribution in [0.25, 0.3) is 0 Å². The Kier molecular flexibility index (Phi) is 3.84. The lowest BCUT2D eigenvalue weighted by Gasteiger charge is -2.13. The Bertz CT molecular complexity index is 684. The third-order valence-electron chi connectivity index (χ3n) is 2.83. The number of carboxylic acids is 1. The number of anilines is 2. The number of carboxylic acid groups (broad SMARTS) is 1. The van der Waals surface area contributed by atoms with Gasteiger partial charge in [0.05, 0.1) is 11.1 Å². The highest BCUT2D eigenvalue weighted by Gasteiger charge is 2.30. The molecule has 0 bridgehead atoms. The fourth-order valence-corrected chi connectivity index (χ4v) is 1.70. The average Bonchev–Trinajstić information content (AvgIpc) is 2.40. The van der Waals surface area contributed by atoms with E-state index in [2.05, 4.69) is 10.3 Å². The molecule has 0 fully saturated rings. The molecule has 2 N–H and O–H groups in total. The highest BCUT2D eigenvalue weighted by atomic mass is 19.4. The van der Waals surface area contributed by atoms with E-state index in [9.17, 15) is 18.0 Å². The van der Waals surface area contributed by atoms with Crippen LogP contribution in [0.2, 0.25) is 0 Å². The summed E-state index contributed by atoms with van der Waals surface area (Å²) in [5.41, 5.74) is 0.0208. The molecule has 0 amide bonds. The van der Waals surface area contributed by atoms with Crippen molar-refractivity contribution in [3.63, 3.8) is 0 Å². The molecule has 0 saturated heterocycles. The molecular formula is C14H11F3N2O2. The van der Waals surface area contributed by atoms with Gasteiger partial charge in [-0.05, 0) is 36.8 Å². The molecule has 110 valence electrons. The number of alkyl halides is 3. The van der Waals surface area contributed by atoms with Crippen molar-refractivity contribution < 1.29 is 23.1 Å². The Morgan fingerprint density at radius 1 is 1.24 bits per heavy atom. The zero-order chi connectivity index (χ0) is 15.6. The molecule has 0 atom stereocenters. The number of benzene rings is 1. The van der Waals surface area contributed by atoms with E-state index in [0.717, 1.165) is 12.1 Å². The number of aryl methyl sites for hydroxylation is 1. The van der Waals surface area contributed by atoms with E-state index in [1.807, 2.05) is 0 Å². The SMILES string of the molecule is Cc1ccc(C(F)(F)F)cc1Nc1cc(C(=O)O)ccn1. The quantitative estimate of drug-likeness (QED) is 0.903. The molecule has 1 aromatic heterocycles. The van der Waals surface area contributed by atoms with Crippen LogP contribution in [0.3, 0.4) is 0 Å². The predicted octanol–water partition coefficient (Wildman–Crippen LogP) is 3.85. The summed E-state index contributed by atoms with van der Waals surface area (Å²) in [6, 6.07) is 5.84. The minimum atomic E-state index is -4.44. The van der Waals surface area contributed by atoms with Crippen LogP contribution >= 0.6 is 0 Å². The fourth-order valence-electron chi connectivity index (χ4n) is 1.70. The fraction of sp³-hybridized carbons (Fsp3) is 0.143. The maximum atomic E-state index is 12.7. The van der Waals surface area contributed by atoms with Gasteiger partial charge in [-0.15, -0.1) is 0 Å². The highest BCUT2D eigenvalue weighted by Crippen LogP contribution is 2.32.